The van der Waals surface area contributed by atoms with E-state index < -0.39 is 0 Å². The molecular formula is C29H28N4O2. The third-order valence-electron chi connectivity index (χ3n) is 6.24. The van der Waals surface area contributed by atoms with Crippen LogP contribution in [-0.4, -0.2) is 53.8 Å². The van der Waals surface area contributed by atoms with Crippen LogP contribution in [0.2, 0.25) is 0 Å². The standard InChI is InChI=1S/C29H28N4O2/c1-2-35-26-14-12-24(13-15-26)27-16-17-28(31-30-27)32-18-20-33(21-19-32)29(34)25-10-8-23(9-11-25)22-6-4-3-5-7-22/h3-17H,2,18-21H2,1H3. The Hall–Kier alpha value is -4.19. The maximum Gasteiger partial charge on any atom is 0.253 e. The molecule has 1 amide bonds. The number of nitrogens with zero attached hydrogens (tertiary/aromatic N) is 4. The molecule has 35 heavy (non-hydrogen) atoms. The Labute approximate surface area is 205 Å². The predicted molar refractivity (Wildman–Crippen MR) is 139 cm³/mol. The van der Waals surface area contributed by atoms with Crippen LogP contribution in [0.25, 0.3) is 22.4 Å². The van der Waals surface area contributed by atoms with Crippen molar-refractivity contribution in [3.63, 3.8) is 0 Å². The molecule has 4 aromatic rings. The zero-order chi connectivity index (χ0) is 24.0. The number of ether oxygens (including phenoxy) is 1. The van der Waals surface area contributed by atoms with Crippen molar-refractivity contribution in [2.45, 2.75) is 6.92 Å². The van der Waals surface area contributed by atoms with Crippen molar-refractivity contribution in [3.8, 4) is 28.1 Å². The van der Waals surface area contributed by atoms with E-state index in [-0.39, 0.29) is 5.91 Å². The highest BCUT2D eigenvalue weighted by atomic mass is 16.5. The van der Waals surface area contributed by atoms with E-state index >= 15 is 0 Å². The average molecular weight is 465 g/mol. The fraction of sp³-hybridized carbons (Fsp3) is 0.207. The number of benzene rings is 3. The third kappa shape index (κ3) is 5.17. The Morgan fingerprint density at radius 3 is 2.03 bits per heavy atom. The van der Waals surface area contributed by atoms with Crippen LogP contribution in [0.3, 0.4) is 0 Å². The molecule has 0 spiro atoms. The molecular weight excluding hydrogens is 436 g/mol. The molecule has 5 rings (SSSR count). The Morgan fingerprint density at radius 2 is 1.40 bits per heavy atom. The van der Waals surface area contributed by atoms with Crippen molar-refractivity contribution >= 4 is 11.7 Å². The number of amides is 1. The molecule has 0 unspecified atom stereocenters. The summed E-state index contributed by atoms with van der Waals surface area (Å²) >= 11 is 0. The molecule has 176 valence electrons. The molecule has 1 fully saturated rings. The lowest BCUT2D eigenvalue weighted by molar-refractivity contribution is 0.0746. The first-order valence-electron chi connectivity index (χ1n) is 12.0. The maximum atomic E-state index is 13.0. The summed E-state index contributed by atoms with van der Waals surface area (Å²) in [6.45, 7) is 5.38. The van der Waals surface area contributed by atoms with E-state index in [4.69, 9.17) is 4.74 Å². The summed E-state index contributed by atoms with van der Waals surface area (Å²) in [5.74, 6) is 1.75. The molecule has 1 aliphatic heterocycles. The van der Waals surface area contributed by atoms with Gasteiger partial charge in [-0.25, -0.2) is 0 Å². The highest BCUT2D eigenvalue weighted by molar-refractivity contribution is 5.95. The van der Waals surface area contributed by atoms with Gasteiger partial charge in [0.2, 0.25) is 0 Å². The molecule has 1 aliphatic rings. The van der Waals surface area contributed by atoms with E-state index in [9.17, 15) is 4.79 Å². The summed E-state index contributed by atoms with van der Waals surface area (Å²) in [7, 11) is 0. The van der Waals surface area contributed by atoms with Gasteiger partial charge < -0.3 is 14.5 Å². The zero-order valence-electron chi connectivity index (χ0n) is 19.8. The van der Waals surface area contributed by atoms with Crippen molar-refractivity contribution in [3.05, 3.63) is 96.6 Å². The number of hydrogen-bond donors (Lipinski definition) is 0. The highest BCUT2D eigenvalue weighted by Crippen LogP contribution is 2.23. The minimum absolute atomic E-state index is 0.0705. The van der Waals surface area contributed by atoms with Gasteiger partial charge in [-0.1, -0.05) is 42.5 Å². The van der Waals surface area contributed by atoms with Crippen molar-refractivity contribution in [1.82, 2.24) is 15.1 Å². The fourth-order valence-corrected chi connectivity index (χ4v) is 4.29. The summed E-state index contributed by atoms with van der Waals surface area (Å²) in [4.78, 5) is 17.1. The molecule has 0 atom stereocenters. The summed E-state index contributed by atoms with van der Waals surface area (Å²) in [6.07, 6.45) is 0. The second kappa shape index (κ2) is 10.4. The summed E-state index contributed by atoms with van der Waals surface area (Å²) in [6, 6.07) is 29.9. The molecule has 0 aliphatic carbocycles. The molecule has 6 heteroatoms. The van der Waals surface area contributed by atoms with Crippen LogP contribution in [-0.2, 0) is 0 Å². The molecule has 6 nitrogen and oxygen atoms in total. The normalized spacial score (nSPS) is 13.5. The van der Waals surface area contributed by atoms with Crippen molar-refractivity contribution in [1.29, 1.82) is 0 Å². The number of carbonyl (C=O) groups excluding carboxylic acids is 1. The maximum absolute atomic E-state index is 13.0. The van der Waals surface area contributed by atoms with E-state index in [1.807, 2.05) is 90.7 Å². The van der Waals surface area contributed by atoms with Gasteiger partial charge in [-0.15, -0.1) is 10.2 Å². The van der Waals surface area contributed by atoms with Crippen LogP contribution in [0.5, 0.6) is 5.75 Å². The van der Waals surface area contributed by atoms with Crippen LogP contribution >= 0.6 is 0 Å². The van der Waals surface area contributed by atoms with Crippen LogP contribution in [0.4, 0.5) is 5.82 Å². The predicted octanol–water partition coefficient (Wildman–Crippen LogP) is 5.17. The van der Waals surface area contributed by atoms with E-state index in [0.29, 0.717) is 19.7 Å². The van der Waals surface area contributed by atoms with Gasteiger partial charge >= 0.3 is 0 Å². The minimum Gasteiger partial charge on any atom is -0.494 e. The molecule has 0 N–H and O–H groups in total. The number of carbonyl (C=O) groups is 1. The van der Waals surface area contributed by atoms with Gasteiger partial charge in [-0.3, -0.25) is 4.79 Å². The number of rotatable bonds is 6. The lowest BCUT2D eigenvalue weighted by Gasteiger charge is -2.35. The van der Waals surface area contributed by atoms with Crippen molar-refractivity contribution in [2.75, 3.05) is 37.7 Å². The number of anilines is 1. The zero-order valence-corrected chi connectivity index (χ0v) is 19.8. The first-order valence-corrected chi connectivity index (χ1v) is 12.0. The van der Waals surface area contributed by atoms with Gasteiger partial charge in [0.1, 0.15) is 5.75 Å². The molecule has 0 radical (unpaired) electrons. The average Bonchev–Trinajstić information content (AvgIpc) is 2.94. The Morgan fingerprint density at radius 1 is 0.743 bits per heavy atom. The molecule has 1 saturated heterocycles. The van der Waals surface area contributed by atoms with Gasteiger partial charge in [0.25, 0.3) is 5.91 Å². The highest BCUT2D eigenvalue weighted by Gasteiger charge is 2.23. The summed E-state index contributed by atoms with van der Waals surface area (Å²) in [5.41, 5.74) is 4.80. The monoisotopic (exact) mass is 464 g/mol. The van der Waals surface area contributed by atoms with Crippen molar-refractivity contribution in [2.24, 2.45) is 0 Å². The molecule has 2 heterocycles. The van der Waals surface area contributed by atoms with Crippen LogP contribution < -0.4 is 9.64 Å². The van der Waals surface area contributed by atoms with Crippen LogP contribution in [0.1, 0.15) is 17.3 Å². The largest absolute Gasteiger partial charge is 0.494 e. The van der Waals surface area contributed by atoms with Crippen molar-refractivity contribution < 1.29 is 9.53 Å². The second-order valence-corrected chi connectivity index (χ2v) is 8.46. The first kappa shape index (κ1) is 22.6. The number of aromatic nitrogens is 2. The van der Waals surface area contributed by atoms with E-state index in [2.05, 4.69) is 27.2 Å². The first-order chi connectivity index (χ1) is 17.2. The van der Waals surface area contributed by atoms with Crippen LogP contribution in [0, 0.1) is 0 Å². The van der Waals surface area contributed by atoms with Gasteiger partial charge in [0.05, 0.1) is 12.3 Å². The molecule has 0 bridgehead atoms. The lowest BCUT2D eigenvalue weighted by atomic mass is 10.0. The van der Waals surface area contributed by atoms with E-state index in [1.54, 1.807) is 0 Å². The smallest absolute Gasteiger partial charge is 0.253 e. The number of hydrogen-bond acceptors (Lipinski definition) is 5. The van der Waals surface area contributed by atoms with Gasteiger partial charge in [-0.05, 0) is 66.6 Å². The van der Waals surface area contributed by atoms with Gasteiger partial charge in [0, 0.05) is 37.3 Å². The Bertz CT molecular complexity index is 1250. The van der Waals surface area contributed by atoms with Gasteiger partial charge in [0.15, 0.2) is 5.82 Å². The second-order valence-electron chi connectivity index (χ2n) is 8.46. The summed E-state index contributed by atoms with van der Waals surface area (Å²) in [5, 5.41) is 8.87. The van der Waals surface area contributed by atoms with Gasteiger partial charge in [-0.2, -0.15) is 0 Å². The molecule has 3 aromatic carbocycles. The topological polar surface area (TPSA) is 58.6 Å². The third-order valence-corrected chi connectivity index (χ3v) is 6.24. The van der Waals surface area contributed by atoms with E-state index in [1.165, 1.54) is 0 Å². The quantitative estimate of drug-likeness (QED) is 0.394. The van der Waals surface area contributed by atoms with Crippen LogP contribution in [0.15, 0.2) is 91.0 Å². The lowest BCUT2D eigenvalue weighted by Crippen LogP contribution is -2.49. The Balaban J connectivity index is 1.18. The Kier molecular flexibility index (Phi) is 6.70. The SMILES string of the molecule is CCOc1ccc(-c2ccc(N3CCN(C(=O)c4ccc(-c5ccccc5)cc4)CC3)nn2)cc1. The fourth-order valence-electron chi connectivity index (χ4n) is 4.29. The molecule has 1 aromatic heterocycles. The molecule has 0 saturated carbocycles. The minimum atomic E-state index is 0.0705. The number of piperazine rings is 1. The summed E-state index contributed by atoms with van der Waals surface area (Å²) < 4.78 is 5.50. The van der Waals surface area contributed by atoms with E-state index in [0.717, 1.165) is 52.6 Å².